The zero-order valence-electron chi connectivity index (χ0n) is 10.3. The smallest absolute Gasteiger partial charge is 0.258 e. The topological polar surface area (TPSA) is 68.4 Å². The van der Waals surface area contributed by atoms with E-state index in [0.29, 0.717) is 0 Å². The van der Waals surface area contributed by atoms with E-state index in [0.717, 1.165) is 21.5 Å². The maximum Gasteiger partial charge on any atom is 0.269 e. The fourth-order valence-corrected chi connectivity index (χ4v) is 2.50. The van der Waals surface area contributed by atoms with Gasteiger partial charge >= 0.3 is 0 Å². The first-order valence-electron chi connectivity index (χ1n) is 5.87. The van der Waals surface area contributed by atoms with Gasteiger partial charge in [-0.15, -0.1) is 0 Å². The number of non-ortho nitro benzene ring substituents is 1. The summed E-state index contributed by atoms with van der Waals surface area (Å²) in [5, 5.41) is 12.4. The van der Waals surface area contributed by atoms with Crippen molar-refractivity contribution in [3.05, 3.63) is 64.2 Å². The average Bonchev–Trinajstić information content (AvgIpc) is 2.89. The molecule has 0 unspecified atom stereocenters. The van der Waals surface area contributed by atoms with Crippen molar-refractivity contribution in [2.24, 2.45) is 4.99 Å². The number of nitro groups is 1. The largest absolute Gasteiger partial charge is 0.269 e. The number of nitrogens with zero attached hydrogens (tertiary/aromatic N) is 3. The minimum atomic E-state index is -0.419. The molecule has 0 aliphatic heterocycles. The van der Waals surface area contributed by atoms with Crippen molar-refractivity contribution < 1.29 is 4.92 Å². The first-order valence-corrected chi connectivity index (χ1v) is 6.64. The van der Waals surface area contributed by atoms with Crippen molar-refractivity contribution in [2.45, 2.75) is 0 Å². The number of aliphatic imine (C=N–C) groups is 1. The van der Waals surface area contributed by atoms with Gasteiger partial charge in [0.05, 0.1) is 10.4 Å². The lowest BCUT2D eigenvalue weighted by Gasteiger charge is -1.93. The van der Waals surface area contributed by atoms with Gasteiger partial charge in [-0.1, -0.05) is 12.1 Å². The highest BCUT2D eigenvalue weighted by molar-refractivity contribution is 7.11. The summed E-state index contributed by atoms with van der Waals surface area (Å²) < 4.78 is 4.31. The van der Waals surface area contributed by atoms with Crippen molar-refractivity contribution in [1.82, 2.24) is 4.37 Å². The summed E-state index contributed by atoms with van der Waals surface area (Å²) >= 11 is 1.33. The molecule has 3 rings (SSSR count). The van der Waals surface area contributed by atoms with E-state index in [4.69, 9.17) is 0 Å². The van der Waals surface area contributed by atoms with Crippen LogP contribution >= 0.6 is 11.5 Å². The Morgan fingerprint density at radius 3 is 2.65 bits per heavy atom. The Labute approximate surface area is 118 Å². The predicted molar refractivity (Wildman–Crippen MR) is 80.0 cm³/mol. The van der Waals surface area contributed by atoms with Crippen LogP contribution in [0.1, 0.15) is 5.56 Å². The molecule has 98 valence electrons. The van der Waals surface area contributed by atoms with Crippen LogP contribution in [-0.4, -0.2) is 15.5 Å². The van der Waals surface area contributed by atoms with Crippen molar-refractivity contribution in [2.75, 3.05) is 0 Å². The van der Waals surface area contributed by atoms with Crippen LogP contribution in [0.5, 0.6) is 0 Å². The molecule has 0 spiro atoms. The minimum absolute atomic E-state index is 0.0744. The Morgan fingerprint density at radius 1 is 1.15 bits per heavy atom. The van der Waals surface area contributed by atoms with E-state index in [9.17, 15) is 10.1 Å². The van der Waals surface area contributed by atoms with Crippen molar-refractivity contribution >= 4 is 39.3 Å². The summed E-state index contributed by atoms with van der Waals surface area (Å²) in [6.07, 6.45) is 1.68. The van der Waals surface area contributed by atoms with Gasteiger partial charge in [-0.05, 0) is 41.4 Å². The predicted octanol–water partition coefficient (Wildman–Crippen LogP) is 3.96. The summed E-state index contributed by atoms with van der Waals surface area (Å²) in [5.74, 6) is 0. The van der Waals surface area contributed by atoms with E-state index in [1.165, 1.54) is 23.7 Å². The van der Waals surface area contributed by atoms with Gasteiger partial charge in [0.1, 0.15) is 5.00 Å². The number of hydrogen-bond donors (Lipinski definition) is 0. The Kier molecular flexibility index (Phi) is 3.22. The second-order valence-corrected chi connectivity index (χ2v) is 4.86. The molecular weight excluding hydrogens is 274 g/mol. The highest BCUT2D eigenvalue weighted by atomic mass is 32.1. The lowest BCUT2D eigenvalue weighted by molar-refractivity contribution is -0.384. The second-order valence-electron chi connectivity index (χ2n) is 4.11. The molecule has 0 saturated carbocycles. The van der Waals surface area contributed by atoms with Crippen LogP contribution in [-0.2, 0) is 0 Å². The number of fused-ring (bicyclic) bond motifs is 1. The summed E-state index contributed by atoms with van der Waals surface area (Å²) in [6.45, 7) is 0. The van der Waals surface area contributed by atoms with E-state index >= 15 is 0 Å². The Bertz CT molecular complexity index is 794. The lowest BCUT2D eigenvalue weighted by atomic mass is 10.2. The molecule has 0 fully saturated rings. The molecule has 2 aromatic carbocycles. The fraction of sp³-hybridized carbons (Fsp3) is 0. The molecule has 0 radical (unpaired) electrons. The molecule has 0 saturated heterocycles. The van der Waals surface area contributed by atoms with Gasteiger partial charge in [-0.2, -0.15) is 4.37 Å². The van der Waals surface area contributed by atoms with E-state index in [1.54, 1.807) is 18.3 Å². The molecule has 6 heteroatoms. The number of nitro benzene ring substituents is 1. The Hall–Kier alpha value is -2.60. The zero-order chi connectivity index (χ0) is 13.9. The molecule has 0 amide bonds. The minimum Gasteiger partial charge on any atom is -0.258 e. The SMILES string of the molecule is O=[N+]([O-])c1ccc(C=Nc2snc3ccccc23)cc1. The molecule has 0 aliphatic carbocycles. The standard InChI is InChI=1S/C14H9N3O2S/c18-17(19)11-7-5-10(6-8-11)9-15-14-12-3-1-2-4-13(12)16-20-14/h1-9H. The van der Waals surface area contributed by atoms with Crippen LogP contribution in [0.15, 0.2) is 53.5 Å². The third-order valence-electron chi connectivity index (χ3n) is 2.80. The van der Waals surface area contributed by atoms with Crippen LogP contribution in [0.3, 0.4) is 0 Å². The van der Waals surface area contributed by atoms with E-state index in [2.05, 4.69) is 9.37 Å². The summed E-state index contributed by atoms with van der Waals surface area (Å²) in [7, 11) is 0. The van der Waals surface area contributed by atoms with Crippen molar-refractivity contribution in [1.29, 1.82) is 0 Å². The van der Waals surface area contributed by atoms with Crippen LogP contribution in [0, 0.1) is 10.1 Å². The molecule has 3 aromatic rings. The van der Waals surface area contributed by atoms with Gasteiger partial charge in [-0.25, -0.2) is 4.99 Å². The van der Waals surface area contributed by atoms with Gasteiger partial charge in [0.2, 0.25) is 0 Å². The second kappa shape index (κ2) is 5.18. The highest BCUT2D eigenvalue weighted by Gasteiger charge is 2.04. The molecule has 5 nitrogen and oxygen atoms in total. The zero-order valence-corrected chi connectivity index (χ0v) is 11.1. The van der Waals surface area contributed by atoms with Crippen LogP contribution in [0.4, 0.5) is 10.7 Å². The quantitative estimate of drug-likeness (QED) is 0.415. The average molecular weight is 283 g/mol. The van der Waals surface area contributed by atoms with Gasteiger partial charge in [0, 0.05) is 23.7 Å². The molecule has 0 aliphatic rings. The molecule has 20 heavy (non-hydrogen) atoms. The maximum atomic E-state index is 10.6. The Morgan fingerprint density at radius 2 is 1.90 bits per heavy atom. The summed E-state index contributed by atoms with van der Waals surface area (Å²) in [4.78, 5) is 14.5. The van der Waals surface area contributed by atoms with Crippen molar-refractivity contribution in [3.8, 4) is 0 Å². The molecule has 0 bridgehead atoms. The number of hydrogen-bond acceptors (Lipinski definition) is 5. The molecule has 0 N–H and O–H groups in total. The normalized spacial score (nSPS) is 11.2. The molecule has 1 heterocycles. The van der Waals surface area contributed by atoms with E-state index in [1.807, 2.05) is 24.3 Å². The first-order chi connectivity index (χ1) is 9.74. The lowest BCUT2D eigenvalue weighted by Crippen LogP contribution is -1.88. The van der Waals surface area contributed by atoms with Crippen LogP contribution in [0.2, 0.25) is 0 Å². The van der Waals surface area contributed by atoms with E-state index < -0.39 is 4.92 Å². The summed E-state index contributed by atoms with van der Waals surface area (Å²) in [5.41, 5.74) is 1.81. The maximum absolute atomic E-state index is 10.6. The molecule has 0 atom stereocenters. The van der Waals surface area contributed by atoms with Gasteiger partial charge in [0.15, 0.2) is 0 Å². The van der Waals surface area contributed by atoms with Crippen LogP contribution < -0.4 is 0 Å². The monoisotopic (exact) mass is 283 g/mol. The van der Waals surface area contributed by atoms with Gasteiger partial charge < -0.3 is 0 Å². The number of rotatable bonds is 3. The number of benzene rings is 2. The van der Waals surface area contributed by atoms with E-state index in [-0.39, 0.29) is 5.69 Å². The first kappa shape index (κ1) is 12.4. The van der Waals surface area contributed by atoms with Gasteiger partial charge in [-0.3, -0.25) is 10.1 Å². The van der Waals surface area contributed by atoms with Crippen LogP contribution in [0.25, 0.3) is 10.9 Å². The third-order valence-corrected chi connectivity index (χ3v) is 3.59. The third kappa shape index (κ3) is 2.41. The fourth-order valence-electron chi connectivity index (χ4n) is 1.78. The highest BCUT2D eigenvalue weighted by Crippen LogP contribution is 2.29. The Balaban J connectivity index is 1.88. The van der Waals surface area contributed by atoms with Gasteiger partial charge in [0.25, 0.3) is 5.69 Å². The summed E-state index contributed by atoms with van der Waals surface area (Å²) in [6, 6.07) is 14.1. The molecular formula is C14H9N3O2S. The van der Waals surface area contributed by atoms with Crippen molar-refractivity contribution in [3.63, 3.8) is 0 Å². The molecule has 1 aromatic heterocycles. The number of aromatic nitrogens is 1.